The first kappa shape index (κ1) is 12.5. The van der Waals surface area contributed by atoms with Gasteiger partial charge in [0.05, 0.1) is 7.11 Å². The van der Waals surface area contributed by atoms with Crippen molar-refractivity contribution in [1.29, 1.82) is 0 Å². The molecule has 2 aliphatic heterocycles. The second-order valence-electron chi connectivity index (χ2n) is 5.34. The summed E-state index contributed by atoms with van der Waals surface area (Å²) in [5, 5.41) is 3.58. The second kappa shape index (κ2) is 5.21. The van der Waals surface area contributed by atoms with Crippen molar-refractivity contribution in [3.63, 3.8) is 0 Å². The number of benzene rings is 1. The Hall–Kier alpha value is -1.55. The van der Waals surface area contributed by atoms with Crippen LogP contribution in [0.4, 0.5) is 0 Å². The highest BCUT2D eigenvalue weighted by molar-refractivity contribution is 5.92. The third kappa shape index (κ3) is 2.59. The van der Waals surface area contributed by atoms with E-state index in [0.29, 0.717) is 23.4 Å². The Morgan fingerprint density at radius 1 is 1.21 bits per heavy atom. The zero-order valence-corrected chi connectivity index (χ0v) is 11.1. The molecule has 0 radical (unpaired) electrons. The van der Waals surface area contributed by atoms with E-state index >= 15 is 0 Å². The van der Waals surface area contributed by atoms with Gasteiger partial charge >= 0.3 is 5.97 Å². The van der Waals surface area contributed by atoms with Crippen LogP contribution in [-0.4, -0.2) is 31.3 Å². The lowest BCUT2D eigenvalue weighted by Crippen LogP contribution is -2.42. The molecule has 0 aliphatic carbocycles. The maximum Gasteiger partial charge on any atom is 0.341 e. The molecule has 1 aromatic rings. The Morgan fingerprint density at radius 3 is 2.58 bits per heavy atom. The van der Waals surface area contributed by atoms with E-state index in [-0.39, 0.29) is 12.1 Å². The molecule has 3 rings (SSSR count). The third-order valence-corrected chi connectivity index (χ3v) is 4.02. The van der Waals surface area contributed by atoms with Gasteiger partial charge in [0.25, 0.3) is 0 Å². The standard InChI is InChI=1S/C15H19NO3/c1-18-15(17)13-4-2-3-5-14(13)19-12-8-10-6-7-11(9-12)16-10/h2-5,10-12,16H,6-9H2,1H3. The number of nitrogens with one attached hydrogen (secondary N) is 1. The van der Waals surface area contributed by atoms with Crippen LogP contribution < -0.4 is 10.1 Å². The van der Waals surface area contributed by atoms with Gasteiger partial charge in [-0.1, -0.05) is 12.1 Å². The number of ether oxygens (including phenoxy) is 2. The fraction of sp³-hybridized carbons (Fsp3) is 0.533. The van der Waals surface area contributed by atoms with Gasteiger partial charge in [0.15, 0.2) is 0 Å². The highest BCUT2D eigenvalue weighted by atomic mass is 16.5. The average Bonchev–Trinajstić information content (AvgIpc) is 2.78. The normalized spacial score (nSPS) is 29.0. The molecule has 0 saturated carbocycles. The topological polar surface area (TPSA) is 47.6 Å². The van der Waals surface area contributed by atoms with Crippen LogP contribution in [0.25, 0.3) is 0 Å². The van der Waals surface area contributed by atoms with Crippen molar-refractivity contribution in [2.24, 2.45) is 0 Å². The van der Waals surface area contributed by atoms with Crippen LogP contribution in [0.2, 0.25) is 0 Å². The van der Waals surface area contributed by atoms with E-state index in [2.05, 4.69) is 5.32 Å². The average molecular weight is 261 g/mol. The van der Waals surface area contributed by atoms with Gasteiger partial charge in [-0.05, 0) is 37.8 Å². The molecule has 2 atom stereocenters. The van der Waals surface area contributed by atoms with E-state index in [9.17, 15) is 4.79 Å². The molecule has 0 aromatic heterocycles. The molecule has 2 unspecified atom stereocenters. The zero-order chi connectivity index (χ0) is 13.2. The lowest BCUT2D eigenvalue weighted by atomic mass is 10.0. The zero-order valence-electron chi connectivity index (χ0n) is 11.1. The first-order valence-electron chi connectivity index (χ1n) is 6.86. The molecule has 1 aromatic carbocycles. The number of methoxy groups -OCH3 is 1. The van der Waals surface area contributed by atoms with Crippen molar-refractivity contribution in [3.05, 3.63) is 29.8 Å². The van der Waals surface area contributed by atoms with E-state index in [1.54, 1.807) is 6.07 Å². The number of para-hydroxylation sites is 1. The van der Waals surface area contributed by atoms with Gasteiger partial charge in [0, 0.05) is 12.1 Å². The van der Waals surface area contributed by atoms with Crippen LogP contribution in [0.1, 0.15) is 36.0 Å². The maximum absolute atomic E-state index is 11.7. The van der Waals surface area contributed by atoms with Crippen LogP contribution in [0.5, 0.6) is 5.75 Å². The number of carbonyl (C=O) groups excluding carboxylic acids is 1. The lowest BCUT2D eigenvalue weighted by Gasteiger charge is -2.29. The van der Waals surface area contributed by atoms with Crippen molar-refractivity contribution in [3.8, 4) is 5.75 Å². The summed E-state index contributed by atoms with van der Waals surface area (Å²) in [5.41, 5.74) is 0.510. The molecule has 4 nitrogen and oxygen atoms in total. The van der Waals surface area contributed by atoms with Crippen LogP contribution in [0.3, 0.4) is 0 Å². The summed E-state index contributed by atoms with van der Waals surface area (Å²) in [6, 6.07) is 8.46. The van der Waals surface area contributed by atoms with Gasteiger partial charge in [-0.3, -0.25) is 0 Å². The van der Waals surface area contributed by atoms with E-state index in [4.69, 9.17) is 9.47 Å². The van der Waals surface area contributed by atoms with Gasteiger partial charge in [0.2, 0.25) is 0 Å². The fourth-order valence-electron chi connectivity index (χ4n) is 3.13. The summed E-state index contributed by atoms with van der Waals surface area (Å²) in [6.45, 7) is 0. The molecule has 2 saturated heterocycles. The van der Waals surface area contributed by atoms with E-state index < -0.39 is 0 Å². The molecule has 2 heterocycles. The molecule has 2 bridgehead atoms. The molecule has 4 heteroatoms. The minimum atomic E-state index is -0.340. The van der Waals surface area contributed by atoms with Crippen molar-refractivity contribution in [1.82, 2.24) is 5.32 Å². The number of carbonyl (C=O) groups is 1. The number of piperidine rings is 1. The van der Waals surface area contributed by atoms with Gasteiger partial charge in [-0.2, -0.15) is 0 Å². The maximum atomic E-state index is 11.7. The van der Waals surface area contributed by atoms with Crippen LogP contribution >= 0.6 is 0 Å². The second-order valence-corrected chi connectivity index (χ2v) is 5.34. The molecule has 0 amide bonds. The largest absolute Gasteiger partial charge is 0.489 e. The monoisotopic (exact) mass is 261 g/mol. The molecular formula is C15H19NO3. The molecule has 2 fully saturated rings. The highest BCUT2D eigenvalue weighted by Crippen LogP contribution is 2.30. The minimum Gasteiger partial charge on any atom is -0.489 e. The Morgan fingerprint density at radius 2 is 1.89 bits per heavy atom. The number of hydrogen-bond donors (Lipinski definition) is 1. The van der Waals surface area contributed by atoms with Gasteiger partial charge in [-0.15, -0.1) is 0 Å². The molecule has 0 spiro atoms. The summed E-state index contributed by atoms with van der Waals surface area (Å²) in [4.78, 5) is 11.7. The summed E-state index contributed by atoms with van der Waals surface area (Å²) < 4.78 is 10.8. The van der Waals surface area contributed by atoms with Gasteiger partial charge < -0.3 is 14.8 Å². The summed E-state index contributed by atoms with van der Waals surface area (Å²) in [5.74, 6) is 0.299. The SMILES string of the molecule is COC(=O)c1ccccc1OC1CC2CCC(C1)N2. The van der Waals surface area contributed by atoms with E-state index in [1.807, 2.05) is 18.2 Å². The predicted molar refractivity (Wildman–Crippen MR) is 71.4 cm³/mol. The van der Waals surface area contributed by atoms with Crippen molar-refractivity contribution < 1.29 is 14.3 Å². The highest BCUT2D eigenvalue weighted by Gasteiger charge is 2.34. The summed E-state index contributed by atoms with van der Waals surface area (Å²) in [7, 11) is 1.39. The van der Waals surface area contributed by atoms with Crippen molar-refractivity contribution >= 4 is 5.97 Å². The van der Waals surface area contributed by atoms with Crippen LogP contribution in [0, 0.1) is 0 Å². The predicted octanol–water partition coefficient (Wildman–Crippen LogP) is 2.13. The number of fused-ring (bicyclic) bond motifs is 2. The number of hydrogen-bond acceptors (Lipinski definition) is 4. The van der Waals surface area contributed by atoms with Crippen LogP contribution in [-0.2, 0) is 4.74 Å². The molecule has 1 N–H and O–H groups in total. The first-order chi connectivity index (χ1) is 9.26. The first-order valence-corrected chi connectivity index (χ1v) is 6.86. The van der Waals surface area contributed by atoms with Crippen molar-refractivity contribution in [2.75, 3.05) is 7.11 Å². The number of rotatable bonds is 3. The summed E-state index contributed by atoms with van der Waals surface area (Å²) in [6.07, 6.45) is 4.72. The Balaban J connectivity index is 1.74. The smallest absolute Gasteiger partial charge is 0.341 e. The van der Waals surface area contributed by atoms with E-state index in [1.165, 1.54) is 20.0 Å². The fourth-order valence-corrected chi connectivity index (χ4v) is 3.13. The van der Waals surface area contributed by atoms with Gasteiger partial charge in [-0.25, -0.2) is 4.79 Å². The van der Waals surface area contributed by atoms with Crippen LogP contribution in [0.15, 0.2) is 24.3 Å². The quantitative estimate of drug-likeness (QED) is 0.847. The van der Waals surface area contributed by atoms with E-state index in [0.717, 1.165) is 12.8 Å². The minimum absolute atomic E-state index is 0.199. The van der Waals surface area contributed by atoms with Gasteiger partial charge in [0.1, 0.15) is 17.4 Å². The Kier molecular flexibility index (Phi) is 3.42. The molecule has 2 aliphatic rings. The Labute approximate surface area is 113 Å². The Bertz CT molecular complexity index is 462. The molecule has 19 heavy (non-hydrogen) atoms. The third-order valence-electron chi connectivity index (χ3n) is 4.02. The molecular weight excluding hydrogens is 242 g/mol. The number of esters is 1. The summed E-state index contributed by atoms with van der Waals surface area (Å²) >= 11 is 0. The van der Waals surface area contributed by atoms with Crippen molar-refractivity contribution in [2.45, 2.75) is 43.9 Å². The molecule has 102 valence electrons. The lowest BCUT2D eigenvalue weighted by molar-refractivity contribution is 0.0589.